The number of carboxylic acids is 1. The number of guanidine groups is 1. The largest absolute Gasteiger partial charge is 0.480 e. The van der Waals surface area contributed by atoms with E-state index in [1.54, 1.807) is 13.8 Å². The van der Waals surface area contributed by atoms with Crippen LogP contribution in [0.3, 0.4) is 0 Å². The van der Waals surface area contributed by atoms with E-state index < -0.39 is 42.0 Å². The molecule has 0 heterocycles. The first-order valence-electron chi connectivity index (χ1n) is 8.30. The minimum absolute atomic E-state index is 0.0630. The summed E-state index contributed by atoms with van der Waals surface area (Å²) in [6, 6.07) is -3.40. The van der Waals surface area contributed by atoms with E-state index in [-0.39, 0.29) is 18.3 Å². The molecule has 0 radical (unpaired) electrons. The molecule has 0 aromatic carbocycles. The van der Waals surface area contributed by atoms with Gasteiger partial charge in [0.05, 0.1) is 12.1 Å². The Bertz CT molecular complexity index is 519. The highest BCUT2D eigenvalue weighted by atomic mass is 16.4. The number of carbonyl (C=O) groups is 3. The topological polar surface area (TPSA) is 206 Å². The van der Waals surface area contributed by atoms with E-state index in [9.17, 15) is 19.5 Å². The van der Waals surface area contributed by atoms with Gasteiger partial charge in [-0.2, -0.15) is 0 Å². The third-order valence-corrected chi connectivity index (χ3v) is 3.60. The standard InChI is InChI=1S/C15H30N6O5/c1-7(2)10(14(25)26)20-13(24)11(8(3)22)21-12(23)9(16)5-4-6-19-15(17)18/h7-11,22H,4-6,16H2,1-3H3,(H,20,24)(H,21,23)(H,25,26)(H4,17,18,19)/t8-,9+,10+,11+/m0/s1. The van der Waals surface area contributed by atoms with Gasteiger partial charge in [0.2, 0.25) is 11.8 Å². The summed E-state index contributed by atoms with van der Waals surface area (Å²) in [6.45, 7) is 4.86. The molecule has 150 valence electrons. The van der Waals surface area contributed by atoms with Crippen LogP contribution in [0.15, 0.2) is 4.99 Å². The van der Waals surface area contributed by atoms with Crippen molar-refractivity contribution in [3.8, 4) is 0 Å². The van der Waals surface area contributed by atoms with E-state index in [0.29, 0.717) is 13.0 Å². The van der Waals surface area contributed by atoms with E-state index in [1.165, 1.54) is 6.92 Å². The fraction of sp³-hybridized carbons (Fsp3) is 0.733. The van der Waals surface area contributed by atoms with Crippen molar-refractivity contribution in [1.29, 1.82) is 0 Å². The van der Waals surface area contributed by atoms with Gasteiger partial charge in [-0.25, -0.2) is 4.79 Å². The smallest absolute Gasteiger partial charge is 0.326 e. The Kier molecular flexibility index (Phi) is 10.2. The molecule has 0 bridgehead atoms. The molecule has 0 fully saturated rings. The molecule has 0 aromatic heterocycles. The summed E-state index contributed by atoms with van der Waals surface area (Å²) >= 11 is 0. The Balaban J connectivity index is 4.79. The van der Waals surface area contributed by atoms with Gasteiger partial charge in [0.15, 0.2) is 5.96 Å². The van der Waals surface area contributed by atoms with Crippen LogP contribution in [-0.4, -0.2) is 64.7 Å². The van der Waals surface area contributed by atoms with Crippen molar-refractivity contribution >= 4 is 23.7 Å². The molecule has 11 nitrogen and oxygen atoms in total. The van der Waals surface area contributed by atoms with Crippen LogP contribution in [0.2, 0.25) is 0 Å². The number of amides is 2. The second kappa shape index (κ2) is 11.3. The van der Waals surface area contributed by atoms with Gasteiger partial charge in [-0.1, -0.05) is 13.8 Å². The minimum Gasteiger partial charge on any atom is -0.480 e. The number of aliphatic carboxylic acids is 1. The molecule has 10 N–H and O–H groups in total. The van der Waals surface area contributed by atoms with Crippen LogP contribution >= 0.6 is 0 Å². The zero-order chi connectivity index (χ0) is 20.4. The Morgan fingerprint density at radius 2 is 1.58 bits per heavy atom. The predicted molar refractivity (Wildman–Crippen MR) is 95.9 cm³/mol. The average molecular weight is 374 g/mol. The molecular formula is C15H30N6O5. The molecule has 2 amide bonds. The Labute approximate surface area is 152 Å². The number of nitrogens with two attached hydrogens (primary N) is 3. The van der Waals surface area contributed by atoms with Gasteiger partial charge < -0.3 is 38.0 Å². The van der Waals surface area contributed by atoms with Crippen LogP contribution in [-0.2, 0) is 14.4 Å². The number of nitrogens with one attached hydrogen (secondary N) is 2. The lowest BCUT2D eigenvalue weighted by Crippen LogP contribution is -2.58. The van der Waals surface area contributed by atoms with Gasteiger partial charge >= 0.3 is 5.97 Å². The zero-order valence-electron chi connectivity index (χ0n) is 15.3. The Morgan fingerprint density at radius 3 is 2.00 bits per heavy atom. The highest BCUT2D eigenvalue weighted by Gasteiger charge is 2.31. The first-order valence-corrected chi connectivity index (χ1v) is 8.30. The van der Waals surface area contributed by atoms with Crippen molar-refractivity contribution in [2.24, 2.45) is 28.1 Å². The van der Waals surface area contributed by atoms with Crippen LogP contribution in [0.5, 0.6) is 0 Å². The number of aliphatic hydroxyl groups is 1. The third-order valence-electron chi connectivity index (χ3n) is 3.60. The van der Waals surface area contributed by atoms with E-state index in [1.807, 2.05) is 0 Å². The summed E-state index contributed by atoms with van der Waals surface area (Å²) in [5, 5.41) is 23.6. The maximum Gasteiger partial charge on any atom is 0.326 e. The summed E-state index contributed by atoms with van der Waals surface area (Å²) in [5.74, 6) is -3.10. The van der Waals surface area contributed by atoms with Crippen molar-refractivity contribution < 1.29 is 24.6 Å². The highest BCUT2D eigenvalue weighted by molar-refractivity contribution is 5.92. The molecule has 4 atom stereocenters. The normalized spacial score (nSPS) is 15.5. The molecule has 0 aliphatic carbocycles. The summed E-state index contributed by atoms with van der Waals surface area (Å²) in [6.07, 6.45) is -0.526. The van der Waals surface area contributed by atoms with E-state index in [2.05, 4.69) is 15.6 Å². The quantitative estimate of drug-likeness (QED) is 0.116. The van der Waals surface area contributed by atoms with Crippen LogP contribution in [0.1, 0.15) is 33.6 Å². The van der Waals surface area contributed by atoms with Gasteiger partial charge in [-0.05, 0) is 25.7 Å². The Morgan fingerprint density at radius 1 is 1.04 bits per heavy atom. The molecule has 0 aromatic rings. The first-order chi connectivity index (χ1) is 12.0. The molecule has 26 heavy (non-hydrogen) atoms. The summed E-state index contributed by atoms with van der Waals surface area (Å²) < 4.78 is 0. The molecule has 0 aliphatic rings. The highest BCUT2D eigenvalue weighted by Crippen LogP contribution is 2.04. The van der Waals surface area contributed by atoms with Gasteiger partial charge in [0.1, 0.15) is 12.1 Å². The van der Waals surface area contributed by atoms with Crippen LogP contribution < -0.4 is 27.8 Å². The van der Waals surface area contributed by atoms with Crippen molar-refractivity contribution in [1.82, 2.24) is 10.6 Å². The second-order valence-corrected chi connectivity index (χ2v) is 6.35. The molecule has 0 unspecified atom stereocenters. The number of aliphatic hydroxyl groups excluding tert-OH is 1. The third kappa shape index (κ3) is 8.62. The molecule has 0 saturated carbocycles. The van der Waals surface area contributed by atoms with Gasteiger partial charge in [0.25, 0.3) is 0 Å². The molecule has 0 saturated heterocycles. The Hall–Kier alpha value is -2.40. The zero-order valence-corrected chi connectivity index (χ0v) is 15.3. The van der Waals surface area contributed by atoms with Crippen molar-refractivity contribution in [2.45, 2.75) is 57.8 Å². The number of hydrogen-bond acceptors (Lipinski definition) is 6. The number of carboxylic acid groups (broad SMARTS) is 1. The van der Waals surface area contributed by atoms with Crippen molar-refractivity contribution in [3.05, 3.63) is 0 Å². The molecule has 0 aliphatic heterocycles. The summed E-state index contributed by atoms with van der Waals surface area (Å²) in [7, 11) is 0. The van der Waals surface area contributed by atoms with Crippen LogP contribution in [0, 0.1) is 5.92 Å². The molecular weight excluding hydrogens is 344 g/mol. The molecule has 0 rings (SSSR count). The summed E-state index contributed by atoms with van der Waals surface area (Å²) in [5.41, 5.74) is 16.1. The summed E-state index contributed by atoms with van der Waals surface area (Å²) in [4.78, 5) is 39.3. The van der Waals surface area contributed by atoms with Crippen molar-refractivity contribution in [3.63, 3.8) is 0 Å². The number of aliphatic imine (C=N–C) groups is 1. The van der Waals surface area contributed by atoms with Crippen LogP contribution in [0.25, 0.3) is 0 Å². The van der Waals surface area contributed by atoms with Crippen LogP contribution in [0.4, 0.5) is 0 Å². The number of hydrogen-bond donors (Lipinski definition) is 7. The average Bonchev–Trinajstić information content (AvgIpc) is 2.52. The van der Waals surface area contributed by atoms with Gasteiger partial charge in [-0.15, -0.1) is 0 Å². The lowest BCUT2D eigenvalue weighted by Gasteiger charge is -2.25. The fourth-order valence-electron chi connectivity index (χ4n) is 2.07. The number of nitrogens with zero attached hydrogens (tertiary/aromatic N) is 1. The van der Waals surface area contributed by atoms with Crippen molar-refractivity contribution in [2.75, 3.05) is 6.54 Å². The first kappa shape index (κ1) is 23.6. The minimum atomic E-state index is -1.33. The SMILES string of the molecule is CC(C)[C@@H](NC(=O)[C@H](NC(=O)[C@H](N)CCCN=C(N)N)[C@H](C)O)C(=O)O. The lowest BCUT2D eigenvalue weighted by molar-refractivity contribution is -0.144. The fourth-order valence-corrected chi connectivity index (χ4v) is 2.07. The molecule has 0 spiro atoms. The van der Waals surface area contributed by atoms with E-state index >= 15 is 0 Å². The van der Waals surface area contributed by atoms with E-state index in [0.717, 1.165) is 0 Å². The second-order valence-electron chi connectivity index (χ2n) is 6.35. The number of carbonyl (C=O) groups excluding carboxylic acids is 2. The predicted octanol–water partition coefficient (Wildman–Crippen LogP) is -2.54. The maximum absolute atomic E-state index is 12.3. The number of rotatable bonds is 11. The maximum atomic E-state index is 12.3. The van der Waals surface area contributed by atoms with Gasteiger partial charge in [-0.3, -0.25) is 14.6 Å². The lowest BCUT2D eigenvalue weighted by atomic mass is 10.0. The van der Waals surface area contributed by atoms with Gasteiger partial charge in [0, 0.05) is 6.54 Å². The molecule has 11 heteroatoms. The van der Waals surface area contributed by atoms with E-state index in [4.69, 9.17) is 22.3 Å². The monoisotopic (exact) mass is 374 g/mol.